The number of pyridine rings is 1. The van der Waals surface area contributed by atoms with Gasteiger partial charge in [0.15, 0.2) is 0 Å². The van der Waals surface area contributed by atoms with Crippen LogP contribution in [0.2, 0.25) is 0 Å². The number of hydrogen-bond donors (Lipinski definition) is 1. The van der Waals surface area contributed by atoms with Crippen LogP contribution in [0, 0.1) is 0 Å². The fourth-order valence-electron chi connectivity index (χ4n) is 1.09. The molecule has 1 aromatic rings. The third kappa shape index (κ3) is 2.81. The average molecular weight is 193 g/mol. The van der Waals surface area contributed by atoms with E-state index < -0.39 is 0 Å². The second-order valence-corrected chi connectivity index (χ2v) is 3.07. The lowest BCUT2D eigenvalue weighted by molar-refractivity contribution is 0.0796. The first kappa shape index (κ1) is 10.7. The molecule has 0 radical (unpaired) electrons. The van der Waals surface area contributed by atoms with Crippen molar-refractivity contribution in [2.24, 2.45) is 0 Å². The van der Waals surface area contributed by atoms with Crippen LogP contribution in [0.3, 0.4) is 0 Å². The molecule has 1 N–H and O–H groups in total. The maximum absolute atomic E-state index is 11.7. The molecule has 0 aliphatic rings. The Bertz CT molecular complexity index is 287. The summed E-state index contributed by atoms with van der Waals surface area (Å²) in [6.45, 7) is 1.49. The Labute approximate surface area is 83.9 Å². The summed E-state index contributed by atoms with van der Waals surface area (Å²) in [5.74, 6) is 0.00773. The Morgan fingerprint density at radius 2 is 2.43 bits per heavy atom. The Morgan fingerprint density at radius 1 is 1.64 bits per heavy atom. The molecule has 0 aromatic carbocycles. The van der Waals surface area contributed by atoms with Crippen LogP contribution >= 0.6 is 0 Å². The fraction of sp³-hybridized carbons (Fsp3) is 0.400. The minimum atomic E-state index is 0.00773. The number of nitrogens with one attached hydrogen (secondary N) is 1. The molecule has 76 valence electrons. The quantitative estimate of drug-likeness (QED) is 0.751. The van der Waals surface area contributed by atoms with Crippen molar-refractivity contribution in [1.82, 2.24) is 15.2 Å². The van der Waals surface area contributed by atoms with Crippen molar-refractivity contribution in [2.75, 3.05) is 27.2 Å². The van der Waals surface area contributed by atoms with Crippen molar-refractivity contribution < 1.29 is 4.79 Å². The van der Waals surface area contributed by atoms with Crippen molar-refractivity contribution in [3.63, 3.8) is 0 Å². The molecule has 0 aliphatic heterocycles. The molecule has 0 atom stereocenters. The number of carbonyl (C=O) groups excluding carboxylic acids is 1. The molecule has 1 aromatic heterocycles. The molecule has 1 rings (SSSR count). The van der Waals surface area contributed by atoms with Gasteiger partial charge >= 0.3 is 0 Å². The van der Waals surface area contributed by atoms with Gasteiger partial charge in [-0.1, -0.05) is 0 Å². The maximum atomic E-state index is 11.7. The lowest BCUT2D eigenvalue weighted by atomic mass is 10.2. The molecule has 4 heteroatoms. The number of likely N-dealkylation sites (N-methyl/N-ethyl adjacent to an activating group) is 2. The van der Waals surface area contributed by atoms with Crippen molar-refractivity contribution in [3.8, 4) is 0 Å². The van der Waals surface area contributed by atoms with Crippen molar-refractivity contribution >= 4 is 5.91 Å². The van der Waals surface area contributed by atoms with Gasteiger partial charge in [0.25, 0.3) is 5.91 Å². The zero-order valence-electron chi connectivity index (χ0n) is 8.53. The Morgan fingerprint density at radius 3 is 3.00 bits per heavy atom. The van der Waals surface area contributed by atoms with E-state index in [4.69, 9.17) is 0 Å². The van der Waals surface area contributed by atoms with E-state index in [1.165, 1.54) is 0 Å². The Kier molecular flexibility index (Phi) is 4.07. The molecule has 4 nitrogen and oxygen atoms in total. The van der Waals surface area contributed by atoms with E-state index in [0.29, 0.717) is 12.1 Å². The van der Waals surface area contributed by atoms with Crippen LogP contribution in [0.1, 0.15) is 10.4 Å². The molecule has 0 bridgehead atoms. The predicted molar refractivity (Wildman–Crippen MR) is 55.1 cm³/mol. The monoisotopic (exact) mass is 193 g/mol. The van der Waals surface area contributed by atoms with Crippen molar-refractivity contribution in [3.05, 3.63) is 30.1 Å². The molecule has 0 saturated heterocycles. The SMILES string of the molecule is CNCCN(C)C(=O)c1cccnc1. The number of hydrogen-bond acceptors (Lipinski definition) is 3. The number of nitrogens with zero attached hydrogens (tertiary/aromatic N) is 2. The summed E-state index contributed by atoms with van der Waals surface area (Å²) in [5.41, 5.74) is 0.631. The van der Waals surface area contributed by atoms with Crippen LogP contribution in [0.5, 0.6) is 0 Å². The van der Waals surface area contributed by atoms with E-state index in [9.17, 15) is 4.79 Å². The summed E-state index contributed by atoms with van der Waals surface area (Å²) in [6, 6.07) is 3.53. The van der Waals surface area contributed by atoms with Crippen LogP contribution < -0.4 is 5.32 Å². The normalized spacial score (nSPS) is 9.86. The molecular formula is C10H15N3O. The summed E-state index contributed by atoms with van der Waals surface area (Å²) in [7, 11) is 3.65. The fourth-order valence-corrected chi connectivity index (χ4v) is 1.09. The van der Waals surface area contributed by atoms with Crippen molar-refractivity contribution in [2.45, 2.75) is 0 Å². The van der Waals surface area contributed by atoms with Crippen LogP contribution in [0.4, 0.5) is 0 Å². The lowest BCUT2D eigenvalue weighted by Crippen LogP contribution is -2.32. The molecule has 0 fully saturated rings. The van der Waals surface area contributed by atoms with Crippen molar-refractivity contribution in [1.29, 1.82) is 0 Å². The van der Waals surface area contributed by atoms with Gasteiger partial charge in [-0.25, -0.2) is 0 Å². The van der Waals surface area contributed by atoms with Gasteiger partial charge in [0.1, 0.15) is 0 Å². The first-order chi connectivity index (χ1) is 6.75. The van der Waals surface area contributed by atoms with E-state index in [1.807, 2.05) is 7.05 Å². The molecular weight excluding hydrogens is 178 g/mol. The molecule has 0 spiro atoms. The van der Waals surface area contributed by atoms with Gasteiger partial charge in [-0.3, -0.25) is 9.78 Å². The van der Waals surface area contributed by atoms with Gasteiger partial charge in [0.2, 0.25) is 0 Å². The minimum absolute atomic E-state index is 0.00773. The van der Waals surface area contributed by atoms with Gasteiger partial charge < -0.3 is 10.2 Å². The molecule has 0 saturated carbocycles. The van der Waals surface area contributed by atoms with E-state index in [-0.39, 0.29) is 5.91 Å². The Balaban J connectivity index is 2.57. The number of amides is 1. The van der Waals surface area contributed by atoms with Gasteiger partial charge in [-0.05, 0) is 19.2 Å². The molecule has 1 heterocycles. The third-order valence-electron chi connectivity index (χ3n) is 1.95. The van der Waals surface area contributed by atoms with E-state index in [2.05, 4.69) is 10.3 Å². The highest BCUT2D eigenvalue weighted by molar-refractivity contribution is 5.93. The maximum Gasteiger partial charge on any atom is 0.255 e. The van der Waals surface area contributed by atoms with Crippen LogP contribution in [0.15, 0.2) is 24.5 Å². The minimum Gasteiger partial charge on any atom is -0.340 e. The lowest BCUT2D eigenvalue weighted by Gasteiger charge is -2.16. The Hall–Kier alpha value is -1.42. The van der Waals surface area contributed by atoms with Crippen LogP contribution in [0.25, 0.3) is 0 Å². The van der Waals surface area contributed by atoms with E-state index in [0.717, 1.165) is 6.54 Å². The van der Waals surface area contributed by atoms with Crippen LogP contribution in [-0.2, 0) is 0 Å². The average Bonchev–Trinajstić information content (AvgIpc) is 2.26. The summed E-state index contributed by atoms with van der Waals surface area (Å²) in [4.78, 5) is 17.3. The van der Waals surface area contributed by atoms with Gasteiger partial charge in [-0.2, -0.15) is 0 Å². The van der Waals surface area contributed by atoms with E-state index >= 15 is 0 Å². The zero-order valence-corrected chi connectivity index (χ0v) is 8.53. The summed E-state index contributed by atoms with van der Waals surface area (Å²) in [6.07, 6.45) is 3.24. The van der Waals surface area contributed by atoms with E-state index in [1.54, 1.807) is 36.5 Å². The first-order valence-electron chi connectivity index (χ1n) is 4.56. The van der Waals surface area contributed by atoms with Gasteiger partial charge in [0, 0.05) is 32.5 Å². The van der Waals surface area contributed by atoms with Crippen LogP contribution in [-0.4, -0.2) is 43.0 Å². The third-order valence-corrected chi connectivity index (χ3v) is 1.95. The molecule has 0 unspecified atom stereocenters. The summed E-state index contributed by atoms with van der Waals surface area (Å²) < 4.78 is 0. The predicted octanol–water partition coefficient (Wildman–Crippen LogP) is 0.373. The number of aromatic nitrogens is 1. The zero-order chi connectivity index (χ0) is 10.4. The smallest absolute Gasteiger partial charge is 0.255 e. The molecule has 14 heavy (non-hydrogen) atoms. The second kappa shape index (κ2) is 5.34. The second-order valence-electron chi connectivity index (χ2n) is 3.07. The highest BCUT2D eigenvalue weighted by Crippen LogP contribution is 2.00. The summed E-state index contributed by atoms with van der Waals surface area (Å²) in [5, 5.41) is 3.00. The van der Waals surface area contributed by atoms with Gasteiger partial charge in [0.05, 0.1) is 5.56 Å². The molecule has 0 aliphatic carbocycles. The number of carbonyl (C=O) groups is 1. The summed E-state index contributed by atoms with van der Waals surface area (Å²) >= 11 is 0. The number of rotatable bonds is 4. The highest BCUT2D eigenvalue weighted by Gasteiger charge is 2.09. The first-order valence-corrected chi connectivity index (χ1v) is 4.56. The largest absolute Gasteiger partial charge is 0.340 e. The highest BCUT2D eigenvalue weighted by atomic mass is 16.2. The molecule has 1 amide bonds. The topological polar surface area (TPSA) is 45.2 Å². The van der Waals surface area contributed by atoms with Gasteiger partial charge in [-0.15, -0.1) is 0 Å². The standard InChI is InChI=1S/C10H15N3O/c1-11-6-7-13(2)10(14)9-4-3-5-12-8-9/h3-5,8,11H,6-7H2,1-2H3.